The molecule has 7 aromatic carbocycles. The summed E-state index contributed by atoms with van der Waals surface area (Å²) in [5, 5.41) is 9.31. The Morgan fingerprint density at radius 1 is 0.396 bits per heavy atom. The fourth-order valence-electron chi connectivity index (χ4n) is 8.09. The number of fused-ring (bicyclic) bond motifs is 9. The molecule has 53 heavy (non-hydrogen) atoms. The van der Waals surface area contributed by atoms with E-state index in [1.54, 1.807) is 0 Å². The van der Waals surface area contributed by atoms with Gasteiger partial charge in [-0.2, -0.15) is 0 Å². The predicted molar refractivity (Wildman–Crippen MR) is 220 cm³/mol. The van der Waals surface area contributed by atoms with Crippen molar-refractivity contribution in [1.82, 2.24) is 19.4 Å². The van der Waals surface area contributed by atoms with Gasteiger partial charge in [0.15, 0.2) is 0 Å². The van der Waals surface area contributed by atoms with Crippen LogP contribution in [0.3, 0.4) is 0 Å². The standard InChI is InChI=1S/C49H30N4/c1-2-9-33(10-3-1)45-30-53-28-26-42-43(29-36-11-4-5-13-38(36)46(42)49(53)52-45)32-18-16-31(17-19-32)37-23-24-41(40-15-7-6-14-39(37)40)44-25-22-35-21-20-34-12-8-27-50-47(34)48(35)51-44/h1-30H. The van der Waals surface area contributed by atoms with Gasteiger partial charge in [0.25, 0.3) is 0 Å². The number of nitrogens with zero attached hydrogens (tertiary/aromatic N) is 4. The Morgan fingerprint density at radius 2 is 1.06 bits per heavy atom. The molecular formula is C49H30N4. The molecule has 0 unspecified atom stereocenters. The molecular weight excluding hydrogens is 645 g/mol. The molecule has 11 rings (SSSR count). The molecule has 0 N–H and O–H groups in total. The molecule has 0 radical (unpaired) electrons. The van der Waals surface area contributed by atoms with Gasteiger partial charge in [-0.1, -0.05) is 140 Å². The van der Waals surface area contributed by atoms with Crippen LogP contribution in [0.2, 0.25) is 0 Å². The van der Waals surface area contributed by atoms with Crippen molar-refractivity contribution in [3.8, 4) is 44.8 Å². The Kier molecular flexibility index (Phi) is 6.52. The molecule has 0 aliphatic rings. The maximum Gasteiger partial charge on any atom is 0.145 e. The zero-order valence-electron chi connectivity index (χ0n) is 28.6. The SMILES string of the molecule is c1ccc(-c2cn3ccc4c(-c5ccc(-c6ccc(-c7ccc8ccc9cccnc9c8n7)c7ccccc67)cc5)cc5ccccc5c4c3n2)cc1. The van der Waals surface area contributed by atoms with Gasteiger partial charge in [-0.3, -0.25) is 4.98 Å². The van der Waals surface area contributed by atoms with Crippen LogP contribution in [-0.2, 0) is 0 Å². The van der Waals surface area contributed by atoms with E-state index in [4.69, 9.17) is 9.97 Å². The highest BCUT2D eigenvalue weighted by molar-refractivity contribution is 6.19. The summed E-state index contributed by atoms with van der Waals surface area (Å²) in [6.07, 6.45) is 6.11. The van der Waals surface area contributed by atoms with E-state index in [1.807, 2.05) is 18.3 Å². The van der Waals surface area contributed by atoms with Crippen molar-refractivity contribution >= 4 is 59.8 Å². The summed E-state index contributed by atoms with van der Waals surface area (Å²) >= 11 is 0. The van der Waals surface area contributed by atoms with E-state index < -0.39 is 0 Å². The van der Waals surface area contributed by atoms with Crippen molar-refractivity contribution in [3.63, 3.8) is 0 Å². The second kappa shape index (κ2) is 11.7. The van der Waals surface area contributed by atoms with Crippen LogP contribution in [0.4, 0.5) is 0 Å². The van der Waals surface area contributed by atoms with Crippen molar-refractivity contribution in [2.75, 3.05) is 0 Å². The number of rotatable bonds is 4. The summed E-state index contributed by atoms with van der Waals surface area (Å²) in [5.74, 6) is 0. The topological polar surface area (TPSA) is 43.1 Å². The van der Waals surface area contributed by atoms with Gasteiger partial charge in [0, 0.05) is 45.9 Å². The zero-order chi connectivity index (χ0) is 34.9. The lowest BCUT2D eigenvalue weighted by molar-refractivity contribution is 1.20. The molecule has 0 spiro atoms. The summed E-state index contributed by atoms with van der Waals surface area (Å²) in [5.41, 5.74) is 11.7. The fraction of sp³-hybridized carbons (Fsp3) is 0. The Hall–Kier alpha value is -7.17. The minimum atomic E-state index is 0.927. The Balaban J connectivity index is 1.03. The second-order valence-corrected chi connectivity index (χ2v) is 13.7. The van der Waals surface area contributed by atoms with Gasteiger partial charge >= 0.3 is 0 Å². The third-order valence-electron chi connectivity index (χ3n) is 10.7. The molecule has 0 saturated carbocycles. The van der Waals surface area contributed by atoms with Crippen molar-refractivity contribution in [2.45, 2.75) is 0 Å². The van der Waals surface area contributed by atoms with E-state index in [0.717, 1.165) is 50.0 Å². The zero-order valence-corrected chi connectivity index (χ0v) is 28.6. The second-order valence-electron chi connectivity index (χ2n) is 13.7. The number of hydrogen-bond donors (Lipinski definition) is 0. The highest BCUT2D eigenvalue weighted by Gasteiger charge is 2.16. The molecule has 0 amide bonds. The van der Waals surface area contributed by atoms with Crippen LogP contribution >= 0.6 is 0 Å². The van der Waals surface area contributed by atoms with E-state index in [1.165, 1.54) is 54.6 Å². The van der Waals surface area contributed by atoms with E-state index in [-0.39, 0.29) is 0 Å². The van der Waals surface area contributed by atoms with Gasteiger partial charge in [0.05, 0.1) is 22.4 Å². The van der Waals surface area contributed by atoms with E-state index in [0.29, 0.717) is 0 Å². The lowest BCUT2D eigenvalue weighted by atomic mass is 9.91. The van der Waals surface area contributed by atoms with Crippen LogP contribution in [0.25, 0.3) is 105 Å². The normalized spacial score (nSPS) is 11.8. The van der Waals surface area contributed by atoms with Crippen molar-refractivity contribution < 1.29 is 0 Å². The van der Waals surface area contributed by atoms with E-state index >= 15 is 0 Å². The number of imidazole rings is 1. The van der Waals surface area contributed by atoms with E-state index in [9.17, 15) is 0 Å². The van der Waals surface area contributed by atoms with Crippen LogP contribution in [0.1, 0.15) is 0 Å². The fourth-order valence-corrected chi connectivity index (χ4v) is 8.09. The van der Waals surface area contributed by atoms with Gasteiger partial charge < -0.3 is 4.40 Å². The number of benzene rings is 7. The molecule has 11 aromatic rings. The molecule has 0 atom stereocenters. The molecule has 246 valence electrons. The van der Waals surface area contributed by atoms with E-state index in [2.05, 4.69) is 173 Å². The number of aromatic nitrogens is 4. The molecule has 4 nitrogen and oxygen atoms in total. The van der Waals surface area contributed by atoms with Crippen LogP contribution in [-0.4, -0.2) is 19.4 Å². The minimum Gasteiger partial charge on any atom is -0.306 e. The highest BCUT2D eigenvalue weighted by atomic mass is 15.0. The number of pyridine rings is 3. The smallest absolute Gasteiger partial charge is 0.145 e. The van der Waals surface area contributed by atoms with Gasteiger partial charge in [0.1, 0.15) is 5.65 Å². The van der Waals surface area contributed by atoms with Crippen molar-refractivity contribution in [2.24, 2.45) is 0 Å². The molecule has 4 heterocycles. The Morgan fingerprint density at radius 3 is 1.89 bits per heavy atom. The summed E-state index contributed by atoms with van der Waals surface area (Å²) in [4.78, 5) is 15.1. The summed E-state index contributed by atoms with van der Waals surface area (Å²) in [6.45, 7) is 0. The molecule has 0 bridgehead atoms. The first-order valence-electron chi connectivity index (χ1n) is 17.9. The highest BCUT2D eigenvalue weighted by Crippen LogP contribution is 2.40. The molecule has 4 aromatic heterocycles. The first kappa shape index (κ1) is 29.5. The lowest BCUT2D eigenvalue weighted by Crippen LogP contribution is -1.91. The Bertz CT molecular complexity index is 3220. The number of hydrogen-bond acceptors (Lipinski definition) is 3. The van der Waals surface area contributed by atoms with Gasteiger partial charge in [-0.15, -0.1) is 0 Å². The van der Waals surface area contributed by atoms with Gasteiger partial charge in [-0.25, -0.2) is 9.97 Å². The predicted octanol–water partition coefficient (Wildman–Crippen LogP) is 12.6. The van der Waals surface area contributed by atoms with Crippen LogP contribution < -0.4 is 0 Å². The maximum atomic E-state index is 5.19. The molecule has 0 aliphatic carbocycles. The van der Waals surface area contributed by atoms with Crippen LogP contribution in [0, 0.1) is 0 Å². The van der Waals surface area contributed by atoms with Crippen LogP contribution in [0.5, 0.6) is 0 Å². The minimum absolute atomic E-state index is 0.927. The van der Waals surface area contributed by atoms with Gasteiger partial charge in [-0.05, 0) is 73.5 Å². The third-order valence-corrected chi connectivity index (χ3v) is 10.7. The summed E-state index contributed by atoms with van der Waals surface area (Å²) < 4.78 is 2.16. The largest absolute Gasteiger partial charge is 0.306 e. The molecule has 0 aliphatic heterocycles. The quantitative estimate of drug-likeness (QED) is 0.175. The van der Waals surface area contributed by atoms with Crippen molar-refractivity contribution in [1.29, 1.82) is 0 Å². The first-order valence-corrected chi connectivity index (χ1v) is 17.9. The lowest BCUT2D eigenvalue weighted by Gasteiger charge is -2.14. The first-order chi connectivity index (χ1) is 26.3. The average molecular weight is 675 g/mol. The Labute approximate surface area is 305 Å². The molecule has 0 fully saturated rings. The molecule has 4 heteroatoms. The van der Waals surface area contributed by atoms with Gasteiger partial charge in [0.2, 0.25) is 0 Å². The monoisotopic (exact) mass is 674 g/mol. The third kappa shape index (κ3) is 4.73. The molecule has 0 saturated heterocycles. The summed E-state index contributed by atoms with van der Waals surface area (Å²) in [7, 11) is 0. The van der Waals surface area contributed by atoms with Crippen molar-refractivity contribution in [3.05, 3.63) is 182 Å². The van der Waals surface area contributed by atoms with Crippen LogP contribution in [0.15, 0.2) is 182 Å². The average Bonchev–Trinajstić information content (AvgIpc) is 3.68. The summed E-state index contributed by atoms with van der Waals surface area (Å²) in [6, 6.07) is 58.3. The maximum absolute atomic E-state index is 5.19.